The molecule has 1 N–H and O–H groups in total. The third-order valence-corrected chi connectivity index (χ3v) is 2.80. The second kappa shape index (κ2) is 6.78. The molecule has 0 aliphatic rings. The van der Waals surface area contributed by atoms with E-state index in [4.69, 9.17) is 9.84 Å². The molecule has 0 heterocycles. The summed E-state index contributed by atoms with van der Waals surface area (Å²) in [4.78, 5) is 10.9. The summed E-state index contributed by atoms with van der Waals surface area (Å²) in [6, 6.07) is 4.97. The van der Waals surface area contributed by atoms with Crippen molar-refractivity contribution in [2.24, 2.45) is 0 Å². The minimum atomic E-state index is -0.947. The van der Waals surface area contributed by atoms with Gasteiger partial charge in [0, 0.05) is 11.5 Å². The maximum absolute atomic E-state index is 10.9. The van der Waals surface area contributed by atoms with E-state index in [2.05, 4.69) is 6.08 Å². The van der Waals surface area contributed by atoms with Crippen LogP contribution in [0.1, 0.15) is 42.6 Å². The van der Waals surface area contributed by atoms with E-state index in [1.165, 1.54) is 5.57 Å². The van der Waals surface area contributed by atoms with Gasteiger partial charge in [0.15, 0.2) is 0 Å². The predicted molar refractivity (Wildman–Crippen MR) is 76.9 cm³/mol. The third-order valence-electron chi connectivity index (χ3n) is 2.80. The predicted octanol–water partition coefficient (Wildman–Crippen LogP) is 4.02. The van der Waals surface area contributed by atoms with Gasteiger partial charge in [0.1, 0.15) is 5.75 Å². The van der Waals surface area contributed by atoms with Gasteiger partial charge in [0.25, 0.3) is 0 Å². The number of hydrogen-bond donors (Lipinski definition) is 1. The number of benzene rings is 1. The zero-order valence-electron chi connectivity index (χ0n) is 11.8. The smallest absolute Gasteiger partial charge is 0.335 e. The SMILES string of the molecule is COc1cc(C(=O)O)ccc1C(C)/C=C\C=C(C)C. The maximum Gasteiger partial charge on any atom is 0.335 e. The molecule has 1 rings (SSSR count). The van der Waals surface area contributed by atoms with Gasteiger partial charge in [-0.05, 0) is 26.0 Å². The number of hydrogen-bond acceptors (Lipinski definition) is 2. The van der Waals surface area contributed by atoms with Gasteiger partial charge in [0.2, 0.25) is 0 Å². The number of carboxylic acids is 1. The molecule has 0 fully saturated rings. The van der Waals surface area contributed by atoms with Crippen LogP contribution in [0.5, 0.6) is 5.75 Å². The number of allylic oxidation sites excluding steroid dienone is 4. The zero-order chi connectivity index (χ0) is 14.4. The Morgan fingerprint density at radius 2 is 2.05 bits per heavy atom. The van der Waals surface area contributed by atoms with E-state index in [0.717, 1.165) is 5.56 Å². The molecule has 0 saturated heterocycles. The van der Waals surface area contributed by atoms with Gasteiger partial charge in [-0.25, -0.2) is 4.79 Å². The Bertz CT molecular complexity index is 509. The van der Waals surface area contributed by atoms with E-state index in [1.807, 2.05) is 32.9 Å². The molecule has 0 spiro atoms. The fraction of sp³-hybridized carbons (Fsp3) is 0.312. The van der Waals surface area contributed by atoms with Crippen molar-refractivity contribution < 1.29 is 14.6 Å². The Hall–Kier alpha value is -2.03. The molecule has 0 radical (unpaired) electrons. The second-order valence-electron chi connectivity index (χ2n) is 4.68. The molecule has 1 aromatic rings. The largest absolute Gasteiger partial charge is 0.496 e. The molecule has 1 aromatic carbocycles. The molecule has 0 aliphatic carbocycles. The first-order valence-corrected chi connectivity index (χ1v) is 6.18. The minimum Gasteiger partial charge on any atom is -0.496 e. The lowest BCUT2D eigenvalue weighted by Crippen LogP contribution is -2.01. The number of methoxy groups -OCH3 is 1. The minimum absolute atomic E-state index is 0.161. The Morgan fingerprint density at radius 3 is 2.58 bits per heavy atom. The summed E-state index contributed by atoms with van der Waals surface area (Å²) in [5, 5.41) is 8.96. The molecule has 0 aromatic heterocycles. The van der Waals surface area contributed by atoms with Crippen molar-refractivity contribution in [3.8, 4) is 5.75 Å². The molecule has 19 heavy (non-hydrogen) atoms. The molecule has 102 valence electrons. The molecule has 1 unspecified atom stereocenters. The topological polar surface area (TPSA) is 46.5 Å². The Kier molecular flexibility index (Phi) is 5.37. The summed E-state index contributed by atoms with van der Waals surface area (Å²) >= 11 is 0. The van der Waals surface area contributed by atoms with Gasteiger partial charge in [-0.15, -0.1) is 0 Å². The van der Waals surface area contributed by atoms with Gasteiger partial charge >= 0.3 is 5.97 Å². The van der Waals surface area contributed by atoms with Crippen LogP contribution < -0.4 is 4.74 Å². The van der Waals surface area contributed by atoms with Crippen LogP contribution in [0, 0.1) is 0 Å². The van der Waals surface area contributed by atoms with Crippen LogP contribution in [-0.4, -0.2) is 18.2 Å². The van der Waals surface area contributed by atoms with Gasteiger partial charge in [0.05, 0.1) is 12.7 Å². The maximum atomic E-state index is 10.9. The summed E-state index contributed by atoms with van der Waals surface area (Å²) in [6.07, 6.45) is 6.10. The summed E-state index contributed by atoms with van der Waals surface area (Å²) in [6.45, 7) is 6.13. The zero-order valence-corrected chi connectivity index (χ0v) is 11.8. The van der Waals surface area contributed by atoms with E-state index in [9.17, 15) is 4.79 Å². The monoisotopic (exact) mass is 260 g/mol. The standard InChI is InChI=1S/C16H20O3/c1-11(2)6-5-7-12(3)14-9-8-13(16(17)18)10-15(14)19-4/h5-10,12H,1-4H3,(H,17,18)/b7-5-. The average Bonchev–Trinajstić information content (AvgIpc) is 2.37. The van der Waals surface area contributed by atoms with Crippen molar-refractivity contribution in [2.75, 3.05) is 7.11 Å². The van der Waals surface area contributed by atoms with Crippen molar-refractivity contribution in [3.05, 3.63) is 53.1 Å². The van der Waals surface area contributed by atoms with Crippen molar-refractivity contribution >= 4 is 5.97 Å². The van der Waals surface area contributed by atoms with E-state index in [1.54, 1.807) is 25.3 Å². The van der Waals surface area contributed by atoms with E-state index in [-0.39, 0.29) is 11.5 Å². The van der Waals surface area contributed by atoms with Crippen LogP contribution in [0.3, 0.4) is 0 Å². The Balaban J connectivity index is 3.03. The van der Waals surface area contributed by atoms with Crippen molar-refractivity contribution in [1.29, 1.82) is 0 Å². The van der Waals surface area contributed by atoms with Gasteiger partial charge in [-0.3, -0.25) is 0 Å². The van der Waals surface area contributed by atoms with Gasteiger partial charge in [-0.2, -0.15) is 0 Å². The molecule has 3 heteroatoms. The van der Waals surface area contributed by atoms with Crippen molar-refractivity contribution in [2.45, 2.75) is 26.7 Å². The first kappa shape index (κ1) is 15.0. The van der Waals surface area contributed by atoms with Crippen LogP contribution in [0.2, 0.25) is 0 Å². The van der Waals surface area contributed by atoms with Gasteiger partial charge in [-0.1, -0.05) is 36.8 Å². The highest BCUT2D eigenvalue weighted by atomic mass is 16.5. The molecule has 0 bridgehead atoms. The first-order valence-electron chi connectivity index (χ1n) is 6.18. The lowest BCUT2D eigenvalue weighted by Gasteiger charge is -2.13. The molecule has 0 amide bonds. The van der Waals surface area contributed by atoms with E-state index in [0.29, 0.717) is 5.75 Å². The number of aromatic carboxylic acids is 1. The summed E-state index contributed by atoms with van der Waals surface area (Å²) in [5.74, 6) is -0.180. The summed E-state index contributed by atoms with van der Waals surface area (Å²) in [7, 11) is 1.55. The molecule has 0 aliphatic heterocycles. The highest BCUT2D eigenvalue weighted by molar-refractivity contribution is 5.88. The summed E-state index contributed by atoms with van der Waals surface area (Å²) < 4.78 is 5.27. The normalized spacial score (nSPS) is 12.2. The number of carbonyl (C=O) groups is 1. The lowest BCUT2D eigenvalue weighted by molar-refractivity contribution is 0.0696. The quantitative estimate of drug-likeness (QED) is 0.813. The highest BCUT2D eigenvalue weighted by Gasteiger charge is 2.12. The second-order valence-corrected chi connectivity index (χ2v) is 4.68. The van der Waals surface area contributed by atoms with E-state index >= 15 is 0 Å². The fourth-order valence-electron chi connectivity index (χ4n) is 1.74. The van der Waals surface area contributed by atoms with Crippen LogP contribution in [0.25, 0.3) is 0 Å². The van der Waals surface area contributed by atoms with Crippen LogP contribution in [0.4, 0.5) is 0 Å². The van der Waals surface area contributed by atoms with Crippen LogP contribution >= 0.6 is 0 Å². The average molecular weight is 260 g/mol. The Morgan fingerprint density at radius 1 is 1.37 bits per heavy atom. The molecular weight excluding hydrogens is 240 g/mol. The first-order chi connectivity index (χ1) is 8.95. The molecule has 3 nitrogen and oxygen atoms in total. The Labute approximate surface area is 114 Å². The van der Waals surface area contributed by atoms with E-state index < -0.39 is 5.97 Å². The van der Waals surface area contributed by atoms with Crippen LogP contribution in [-0.2, 0) is 0 Å². The molecular formula is C16H20O3. The van der Waals surface area contributed by atoms with Crippen molar-refractivity contribution in [1.82, 2.24) is 0 Å². The number of ether oxygens (including phenoxy) is 1. The summed E-state index contributed by atoms with van der Waals surface area (Å²) in [5.41, 5.74) is 2.45. The lowest BCUT2D eigenvalue weighted by atomic mass is 9.98. The van der Waals surface area contributed by atoms with Gasteiger partial charge < -0.3 is 9.84 Å². The number of rotatable bonds is 5. The molecule has 1 atom stereocenters. The third kappa shape index (κ3) is 4.28. The number of carboxylic acid groups (broad SMARTS) is 1. The van der Waals surface area contributed by atoms with Crippen LogP contribution in [0.15, 0.2) is 42.0 Å². The molecule has 0 saturated carbocycles. The highest BCUT2D eigenvalue weighted by Crippen LogP contribution is 2.28. The van der Waals surface area contributed by atoms with Crippen molar-refractivity contribution in [3.63, 3.8) is 0 Å². The fourth-order valence-corrected chi connectivity index (χ4v) is 1.74.